The fourth-order valence-electron chi connectivity index (χ4n) is 3.51. The van der Waals surface area contributed by atoms with Crippen LogP contribution < -0.4 is 20.7 Å². The molecule has 0 aliphatic rings. The van der Waals surface area contributed by atoms with Gasteiger partial charge in [-0.1, -0.05) is 6.07 Å². The van der Waals surface area contributed by atoms with Gasteiger partial charge in [0, 0.05) is 11.8 Å². The molecule has 5 rings (SSSR count). The molecule has 0 saturated carbocycles. The lowest BCUT2D eigenvalue weighted by molar-refractivity contribution is -0.137. The minimum atomic E-state index is -4.68. The summed E-state index contributed by atoms with van der Waals surface area (Å²) in [6.07, 6.45) is -4.68. The summed E-state index contributed by atoms with van der Waals surface area (Å²) >= 11 is 1.31. The van der Waals surface area contributed by atoms with Crippen LogP contribution in [-0.2, 0) is 6.18 Å². The number of alkyl halides is 3. The number of rotatable bonds is 6. The smallest absolute Gasteiger partial charge is 0.416 e. The third-order valence-electron chi connectivity index (χ3n) is 5.32. The molecule has 0 spiro atoms. The average molecular weight is 556 g/mol. The van der Waals surface area contributed by atoms with Crippen LogP contribution in [0, 0.1) is 5.82 Å². The van der Waals surface area contributed by atoms with E-state index >= 15 is 0 Å². The second kappa shape index (κ2) is 10.5. The van der Waals surface area contributed by atoms with E-state index < -0.39 is 29.3 Å². The van der Waals surface area contributed by atoms with Gasteiger partial charge in [-0.2, -0.15) is 13.2 Å². The predicted octanol–water partition coefficient (Wildman–Crippen LogP) is 7.47. The number of anilines is 3. The fraction of sp³-hybridized carbons (Fsp3) is 0.0385. The highest BCUT2D eigenvalue weighted by Gasteiger charge is 2.31. The molecule has 0 bridgehead atoms. The summed E-state index contributed by atoms with van der Waals surface area (Å²) in [4.78, 5) is 32.3. The highest BCUT2D eigenvalue weighted by molar-refractivity contribution is 7.12. The van der Waals surface area contributed by atoms with E-state index in [0.717, 1.165) is 0 Å². The SMILES string of the molecule is O=C(Nc1ccc(Oc2ccc3nc(NC(=O)c4cccs4)[nH]c3c2)cc1)Nc1cc(C(F)(F)F)ccc1F. The molecular formula is C26H17F4N5O3S. The summed E-state index contributed by atoms with van der Waals surface area (Å²) < 4.78 is 58.3. The predicted molar refractivity (Wildman–Crippen MR) is 139 cm³/mol. The Bertz CT molecular complexity index is 1650. The standard InChI is InChI=1S/C26H17F4N5O3S/c27-18-9-3-14(26(28,29)30)12-20(18)34-25(37)31-15-4-6-16(7-5-15)38-17-8-10-19-21(13-17)33-24(32-19)35-23(36)22-2-1-11-39-22/h1-13H,(H2,31,34,37)(H2,32,33,35,36). The van der Waals surface area contributed by atoms with Crippen LogP contribution in [0.3, 0.4) is 0 Å². The molecule has 0 fully saturated rings. The molecule has 2 heterocycles. The van der Waals surface area contributed by atoms with E-state index in [1.54, 1.807) is 47.8 Å². The van der Waals surface area contributed by atoms with E-state index in [1.165, 1.54) is 23.5 Å². The topological polar surface area (TPSA) is 108 Å². The van der Waals surface area contributed by atoms with E-state index in [1.807, 2.05) is 0 Å². The Hall–Kier alpha value is -4.91. The zero-order chi connectivity index (χ0) is 27.6. The summed E-state index contributed by atoms with van der Waals surface area (Å²) in [6.45, 7) is 0. The lowest BCUT2D eigenvalue weighted by Gasteiger charge is -2.12. The van der Waals surface area contributed by atoms with Crippen molar-refractivity contribution in [2.24, 2.45) is 0 Å². The number of halogens is 4. The number of carbonyl (C=O) groups excluding carboxylic acids is 2. The fourth-order valence-corrected chi connectivity index (χ4v) is 4.13. The summed E-state index contributed by atoms with van der Waals surface area (Å²) in [5.41, 5.74) is -0.154. The van der Waals surface area contributed by atoms with Gasteiger partial charge in [0.1, 0.15) is 17.3 Å². The molecule has 0 aliphatic carbocycles. The summed E-state index contributed by atoms with van der Waals surface area (Å²) in [7, 11) is 0. The summed E-state index contributed by atoms with van der Waals surface area (Å²) in [6, 6.07) is 15.5. The number of thiophene rings is 1. The quantitative estimate of drug-likeness (QED) is 0.163. The number of nitrogens with zero attached hydrogens (tertiary/aromatic N) is 1. The van der Waals surface area contributed by atoms with Crippen LogP contribution in [-0.4, -0.2) is 21.9 Å². The number of fused-ring (bicyclic) bond motifs is 1. The maximum atomic E-state index is 13.9. The van der Waals surface area contributed by atoms with E-state index in [9.17, 15) is 27.2 Å². The molecule has 4 N–H and O–H groups in total. The first-order valence-corrected chi connectivity index (χ1v) is 12.1. The molecule has 13 heteroatoms. The molecule has 0 atom stereocenters. The van der Waals surface area contributed by atoms with Gasteiger partial charge in [0.05, 0.1) is 27.2 Å². The zero-order valence-electron chi connectivity index (χ0n) is 19.6. The average Bonchev–Trinajstić information content (AvgIpc) is 3.56. The number of nitrogens with one attached hydrogen (secondary N) is 4. The molecule has 8 nitrogen and oxygen atoms in total. The third-order valence-corrected chi connectivity index (χ3v) is 6.19. The number of urea groups is 1. The molecule has 2 aromatic heterocycles. The van der Waals surface area contributed by atoms with Crippen LogP contribution in [0.4, 0.5) is 39.7 Å². The molecule has 0 saturated heterocycles. The van der Waals surface area contributed by atoms with Gasteiger partial charge in [-0.15, -0.1) is 11.3 Å². The van der Waals surface area contributed by atoms with Gasteiger partial charge in [-0.25, -0.2) is 14.2 Å². The number of hydrogen-bond donors (Lipinski definition) is 4. The molecule has 39 heavy (non-hydrogen) atoms. The van der Waals surface area contributed by atoms with E-state index in [0.29, 0.717) is 57.2 Å². The normalized spacial score (nSPS) is 11.3. The Morgan fingerprint density at radius 1 is 0.897 bits per heavy atom. The number of amides is 3. The molecule has 0 radical (unpaired) electrons. The van der Waals surface area contributed by atoms with E-state index in [2.05, 4.69) is 25.9 Å². The third kappa shape index (κ3) is 6.15. The van der Waals surface area contributed by atoms with E-state index in [-0.39, 0.29) is 5.91 Å². The molecule has 3 amide bonds. The van der Waals surface area contributed by atoms with Crippen molar-refractivity contribution in [3.63, 3.8) is 0 Å². The molecular weight excluding hydrogens is 538 g/mol. The Labute approximate surface area is 221 Å². The number of aromatic amines is 1. The largest absolute Gasteiger partial charge is 0.457 e. The van der Waals surface area contributed by atoms with Crippen molar-refractivity contribution in [2.75, 3.05) is 16.0 Å². The number of imidazole rings is 1. The van der Waals surface area contributed by atoms with Gasteiger partial charge in [0.15, 0.2) is 0 Å². The number of ether oxygens (including phenoxy) is 1. The van der Waals surface area contributed by atoms with Crippen LogP contribution in [0.15, 0.2) is 78.2 Å². The number of carbonyl (C=O) groups is 2. The molecule has 0 unspecified atom stereocenters. The first-order valence-electron chi connectivity index (χ1n) is 11.2. The van der Waals surface area contributed by atoms with Crippen LogP contribution >= 0.6 is 11.3 Å². The van der Waals surface area contributed by atoms with Crippen molar-refractivity contribution >= 4 is 51.6 Å². The van der Waals surface area contributed by atoms with Crippen LogP contribution in [0.1, 0.15) is 15.2 Å². The Morgan fingerprint density at radius 3 is 2.38 bits per heavy atom. The highest BCUT2D eigenvalue weighted by Crippen LogP contribution is 2.32. The molecule has 3 aromatic carbocycles. The minimum Gasteiger partial charge on any atom is -0.457 e. The number of benzene rings is 3. The zero-order valence-corrected chi connectivity index (χ0v) is 20.4. The van der Waals surface area contributed by atoms with Crippen LogP contribution in [0.2, 0.25) is 0 Å². The van der Waals surface area contributed by atoms with Gasteiger partial charge >= 0.3 is 12.2 Å². The monoisotopic (exact) mass is 555 g/mol. The van der Waals surface area contributed by atoms with Crippen molar-refractivity contribution in [3.8, 4) is 11.5 Å². The second-order valence-corrected chi connectivity index (χ2v) is 9.04. The summed E-state index contributed by atoms with van der Waals surface area (Å²) in [5, 5.41) is 9.00. The summed E-state index contributed by atoms with van der Waals surface area (Å²) in [5.74, 6) is -0.0917. The van der Waals surface area contributed by atoms with Crippen molar-refractivity contribution in [1.82, 2.24) is 9.97 Å². The first kappa shape index (κ1) is 25.7. The van der Waals surface area contributed by atoms with Gasteiger partial charge in [0.2, 0.25) is 5.95 Å². The van der Waals surface area contributed by atoms with Gasteiger partial charge in [-0.3, -0.25) is 10.1 Å². The lowest BCUT2D eigenvalue weighted by Crippen LogP contribution is -2.20. The maximum absolute atomic E-state index is 13.9. The van der Waals surface area contributed by atoms with Gasteiger partial charge in [0.25, 0.3) is 5.91 Å². The first-order chi connectivity index (χ1) is 18.6. The van der Waals surface area contributed by atoms with Crippen molar-refractivity contribution in [2.45, 2.75) is 6.18 Å². The van der Waals surface area contributed by atoms with Gasteiger partial charge in [-0.05, 0) is 66.0 Å². The molecule has 198 valence electrons. The number of aromatic nitrogens is 2. The van der Waals surface area contributed by atoms with E-state index in [4.69, 9.17) is 4.74 Å². The minimum absolute atomic E-state index is 0.275. The van der Waals surface area contributed by atoms with Crippen LogP contribution in [0.5, 0.6) is 11.5 Å². The molecule has 5 aromatic rings. The van der Waals surface area contributed by atoms with Crippen molar-refractivity contribution in [3.05, 3.63) is 94.4 Å². The molecule has 0 aliphatic heterocycles. The Morgan fingerprint density at radius 2 is 1.67 bits per heavy atom. The Balaban J connectivity index is 1.20. The van der Waals surface area contributed by atoms with Gasteiger partial charge < -0.3 is 20.4 Å². The second-order valence-electron chi connectivity index (χ2n) is 8.09. The van der Waals surface area contributed by atoms with Crippen LogP contribution in [0.25, 0.3) is 11.0 Å². The highest BCUT2D eigenvalue weighted by atomic mass is 32.1. The lowest BCUT2D eigenvalue weighted by atomic mass is 10.2. The Kier molecular flexibility index (Phi) is 6.90. The van der Waals surface area contributed by atoms with Crippen molar-refractivity contribution in [1.29, 1.82) is 0 Å². The maximum Gasteiger partial charge on any atom is 0.416 e. The number of hydrogen-bond acceptors (Lipinski definition) is 5. The van der Waals surface area contributed by atoms with Crippen molar-refractivity contribution < 1.29 is 31.9 Å². The number of H-pyrrole nitrogens is 1.